The summed E-state index contributed by atoms with van der Waals surface area (Å²) in [5.41, 5.74) is 5.54. The van der Waals surface area contributed by atoms with Crippen molar-refractivity contribution in [1.82, 2.24) is 9.97 Å². The van der Waals surface area contributed by atoms with Crippen molar-refractivity contribution in [1.29, 1.82) is 0 Å². The molecule has 0 bridgehead atoms. The van der Waals surface area contributed by atoms with E-state index in [-0.39, 0.29) is 0 Å². The van der Waals surface area contributed by atoms with Crippen LogP contribution in [0, 0.1) is 0 Å². The van der Waals surface area contributed by atoms with Gasteiger partial charge in [0, 0.05) is 27.5 Å². The molecule has 2 rings (SSSR count). The van der Waals surface area contributed by atoms with Crippen molar-refractivity contribution in [3.8, 4) is 0 Å². The Morgan fingerprint density at radius 1 is 1.33 bits per heavy atom. The van der Waals surface area contributed by atoms with Gasteiger partial charge in [-0.2, -0.15) is 0 Å². The Bertz CT molecular complexity index is 441. The molecule has 2 aromatic rings. The number of rotatable bonds is 3. The zero-order chi connectivity index (χ0) is 10.7. The van der Waals surface area contributed by atoms with Gasteiger partial charge >= 0.3 is 0 Å². The maximum Gasteiger partial charge on any atom is 0.180 e. The Morgan fingerprint density at radius 3 is 2.80 bits per heavy atom. The van der Waals surface area contributed by atoms with Gasteiger partial charge in [0.2, 0.25) is 0 Å². The van der Waals surface area contributed by atoms with Crippen molar-refractivity contribution in [3.63, 3.8) is 0 Å². The molecule has 2 N–H and O–H groups in total. The monoisotopic (exact) mass is 301 g/mol. The number of hydrogen-bond donors (Lipinski definition) is 1. The Morgan fingerprint density at radius 2 is 2.20 bits per heavy atom. The third-order valence-corrected chi connectivity index (χ3v) is 4.10. The fraction of sp³-hybridized carbons (Fsp3) is 0.111. The summed E-state index contributed by atoms with van der Waals surface area (Å²) in [6.45, 7) is 0. The minimum absolute atomic E-state index is 0.620. The van der Waals surface area contributed by atoms with Crippen molar-refractivity contribution in [2.24, 2.45) is 0 Å². The lowest BCUT2D eigenvalue weighted by Crippen LogP contribution is -1.79. The van der Waals surface area contributed by atoms with E-state index in [1.165, 1.54) is 16.2 Å². The summed E-state index contributed by atoms with van der Waals surface area (Å²) in [4.78, 5) is 9.44. The SMILES string of the molecule is Nc1ncc(CSc2ccc(Br)cn2)s1. The summed E-state index contributed by atoms with van der Waals surface area (Å²) in [6, 6.07) is 3.97. The molecule has 0 amide bonds. The molecular formula is C9H8BrN3S2. The average Bonchev–Trinajstić information content (AvgIpc) is 2.64. The van der Waals surface area contributed by atoms with Gasteiger partial charge in [-0.25, -0.2) is 9.97 Å². The lowest BCUT2D eigenvalue weighted by Gasteiger charge is -1.97. The summed E-state index contributed by atoms with van der Waals surface area (Å²) >= 11 is 6.55. The van der Waals surface area contributed by atoms with E-state index in [0.717, 1.165) is 15.3 Å². The van der Waals surface area contributed by atoms with E-state index < -0.39 is 0 Å². The molecule has 3 nitrogen and oxygen atoms in total. The molecule has 0 saturated carbocycles. The largest absolute Gasteiger partial charge is 0.375 e. The average molecular weight is 302 g/mol. The second-order valence-corrected chi connectivity index (χ2v) is 5.83. The maximum atomic E-state index is 5.54. The van der Waals surface area contributed by atoms with Crippen LogP contribution in [0.4, 0.5) is 5.13 Å². The number of pyridine rings is 1. The fourth-order valence-electron chi connectivity index (χ4n) is 0.982. The molecule has 2 aromatic heterocycles. The first-order valence-electron chi connectivity index (χ1n) is 4.18. The van der Waals surface area contributed by atoms with Gasteiger partial charge in [-0.15, -0.1) is 23.1 Å². The molecule has 0 spiro atoms. The molecule has 0 aliphatic carbocycles. The van der Waals surface area contributed by atoms with E-state index >= 15 is 0 Å². The van der Waals surface area contributed by atoms with Crippen molar-refractivity contribution >= 4 is 44.2 Å². The molecule has 15 heavy (non-hydrogen) atoms. The lowest BCUT2D eigenvalue weighted by atomic mass is 10.5. The normalized spacial score (nSPS) is 10.5. The number of nitrogens with zero attached hydrogens (tertiary/aromatic N) is 2. The smallest absolute Gasteiger partial charge is 0.180 e. The van der Waals surface area contributed by atoms with Crippen LogP contribution in [0.3, 0.4) is 0 Å². The molecule has 2 heterocycles. The highest BCUT2D eigenvalue weighted by Crippen LogP contribution is 2.25. The molecular weight excluding hydrogens is 294 g/mol. The first-order chi connectivity index (χ1) is 7.24. The van der Waals surface area contributed by atoms with E-state index in [1.54, 1.807) is 18.0 Å². The van der Waals surface area contributed by atoms with Crippen LogP contribution in [0.15, 0.2) is 34.0 Å². The van der Waals surface area contributed by atoms with Crippen LogP contribution in [0.2, 0.25) is 0 Å². The molecule has 0 unspecified atom stereocenters. The number of thioether (sulfide) groups is 1. The minimum atomic E-state index is 0.620. The molecule has 0 saturated heterocycles. The van der Waals surface area contributed by atoms with Crippen LogP contribution < -0.4 is 5.73 Å². The number of halogens is 1. The third kappa shape index (κ3) is 3.19. The van der Waals surface area contributed by atoms with Gasteiger partial charge in [-0.3, -0.25) is 0 Å². The zero-order valence-corrected chi connectivity index (χ0v) is 10.9. The predicted octanol–water partition coefficient (Wildman–Crippen LogP) is 3.18. The van der Waals surface area contributed by atoms with Crippen molar-refractivity contribution in [3.05, 3.63) is 33.9 Å². The van der Waals surface area contributed by atoms with Gasteiger partial charge in [0.1, 0.15) is 0 Å². The molecule has 0 aliphatic rings. The Labute approximate surface area is 104 Å². The number of aromatic nitrogens is 2. The van der Waals surface area contributed by atoms with Crippen LogP contribution in [-0.2, 0) is 5.75 Å². The summed E-state index contributed by atoms with van der Waals surface area (Å²) in [5, 5.41) is 1.62. The maximum absolute atomic E-state index is 5.54. The topological polar surface area (TPSA) is 51.8 Å². The van der Waals surface area contributed by atoms with Gasteiger partial charge < -0.3 is 5.73 Å². The van der Waals surface area contributed by atoms with Crippen molar-refractivity contribution < 1.29 is 0 Å². The van der Waals surface area contributed by atoms with E-state index in [4.69, 9.17) is 5.73 Å². The summed E-state index contributed by atoms with van der Waals surface area (Å²) in [7, 11) is 0. The number of nitrogen functional groups attached to an aromatic ring is 1. The molecule has 0 fully saturated rings. The number of anilines is 1. The third-order valence-electron chi connectivity index (χ3n) is 1.63. The summed E-state index contributed by atoms with van der Waals surface area (Å²) < 4.78 is 0.994. The lowest BCUT2D eigenvalue weighted by molar-refractivity contribution is 1.12. The molecule has 0 aromatic carbocycles. The number of nitrogens with two attached hydrogens (primary N) is 1. The van der Waals surface area contributed by atoms with Crippen LogP contribution in [0.5, 0.6) is 0 Å². The predicted molar refractivity (Wildman–Crippen MR) is 68.0 cm³/mol. The second-order valence-electron chi connectivity index (χ2n) is 2.77. The quantitative estimate of drug-likeness (QED) is 0.885. The Hall–Kier alpha value is -0.590. The molecule has 0 radical (unpaired) electrons. The second kappa shape index (κ2) is 4.96. The Kier molecular flexibility index (Phi) is 3.61. The highest BCUT2D eigenvalue weighted by atomic mass is 79.9. The van der Waals surface area contributed by atoms with Gasteiger partial charge in [-0.1, -0.05) is 0 Å². The van der Waals surface area contributed by atoms with Crippen LogP contribution in [-0.4, -0.2) is 9.97 Å². The van der Waals surface area contributed by atoms with Crippen LogP contribution in [0.25, 0.3) is 0 Å². The molecule has 0 aliphatic heterocycles. The Balaban J connectivity index is 1.96. The number of thiazole rings is 1. The van der Waals surface area contributed by atoms with E-state index in [2.05, 4.69) is 25.9 Å². The van der Waals surface area contributed by atoms with Gasteiger partial charge in [0.05, 0.1) is 5.03 Å². The first kappa shape index (κ1) is 10.9. The molecule has 78 valence electrons. The number of hydrogen-bond acceptors (Lipinski definition) is 5. The van der Waals surface area contributed by atoms with E-state index in [9.17, 15) is 0 Å². The highest BCUT2D eigenvalue weighted by molar-refractivity contribution is 9.10. The highest BCUT2D eigenvalue weighted by Gasteiger charge is 2.01. The van der Waals surface area contributed by atoms with Crippen molar-refractivity contribution in [2.45, 2.75) is 10.8 Å². The van der Waals surface area contributed by atoms with E-state index in [1.807, 2.05) is 18.3 Å². The summed E-state index contributed by atoms with van der Waals surface area (Å²) in [5.74, 6) is 0.865. The fourth-order valence-corrected chi connectivity index (χ4v) is 2.76. The minimum Gasteiger partial charge on any atom is -0.375 e. The van der Waals surface area contributed by atoms with Gasteiger partial charge in [0.15, 0.2) is 5.13 Å². The van der Waals surface area contributed by atoms with Gasteiger partial charge in [0.25, 0.3) is 0 Å². The van der Waals surface area contributed by atoms with Gasteiger partial charge in [-0.05, 0) is 28.1 Å². The summed E-state index contributed by atoms with van der Waals surface area (Å²) in [6.07, 6.45) is 3.61. The first-order valence-corrected chi connectivity index (χ1v) is 6.78. The van der Waals surface area contributed by atoms with Crippen LogP contribution >= 0.6 is 39.0 Å². The molecule has 6 heteroatoms. The molecule has 0 atom stereocenters. The van der Waals surface area contributed by atoms with E-state index in [0.29, 0.717) is 5.13 Å². The standard InChI is InChI=1S/C9H8BrN3S2/c10-6-1-2-8(12-3-6)14-5-7-4-13-9(11)15-7/h1-4H,5H2,(H2,11,13). The zero-order valence-electron chi connectivity index (χ0n) is 7.68. The van der Waals surface area contributed by atoms with Crippen molar-refractivity contribution in [2.75, 3.05) is 5.73 Å². The van der Waals surface area contributed by atoms with Crippen LogP contribution in [0.1, 0.15) is 4.88 Å².